The zero-order valence-electron chi connectivity index (χ0n) is 5.67. The molecule has 2 heteroatoms. The first-order valence-electron chi connectivity index (χ1n) is 3.22. The zero-order valence-corrected chi connectivity index (χ0v) is 5.67. The standard InChI is InChI=1S/C7H12O2/c1-3-7-4-5-8-6(2)9-7/h3,6-7H,1,4-5H2,2H3. The molecular formula is C7H12O2. The van der Waals surface area contributed by atoms with Gasteiger partial charge >= 0.3 is 0 Å². The van der Waals surface area contributed by atoms with Crippen molar-refractivity contribution in [3.63, 3.8) is 0 Å². The molecule has 0 radical (unpaired) electrons. The van der Waals surface area contributed by atoms with Gasteiger partial charge in [0.1, 0.15) is 0 Å². The summed E-state index contributed by atoms with van der Waals surface area (Å²) in [5, 5.41) is 0. The fourth-order valence-corrected chi connectivity index (χ4v) is 0.877. The van der Waals surface area contributed by atoms with E-state index in [9.17, 15) is 0 Å². The molecule has 1 heterocycles. The molecule has 0 aromatic carbocycles. The van der Waals surface area contributed by atoms with Gasteiger partial charge in [-0.05, 0) is 6.92 Å². The Bertz CT molecular complexity index is 101. The van der Waals surface area contributed by atoms with Crippen LogP contribution in [0.2, 0.25) is 0 Å². The van der Waals surface area contributed by atoms with Gasteiger partial charge in [-0.15, -0.1) is 6.58 Å². The molecule has 52 valence electrons. The highest BCUT2D eigenvalue weighted by molar-refractivity contribution is 4.81. The Morgan fingerprint density at radius 2 is 2.44 bits per heavy atom. The largest absolute Gasteiger partial charge is 0.353 e. The van der Waals surface area contributed by atoms with Crippen molar-refractivity contribution in [3.8, 4) is 0 Å². The van der Waals surface area contributed by atoms with Crippen LogP contribution in [0, 0.1) is 0 Å². The summed E-state index contributed by atoms with van der Waals surface area (Å²) in [5.74, 6) is 0. The molecule has 9 heavy (non-hydrogen) atoms. The monoisotopic (exact) mass is 128 g/mol. The van der Waals surface area contributed by atoms with Crippen LogP contribution in [0.4, 0.5) is 0 Å². The predicted molar refractivity (Wildman–Crippen MR) is 35.1 cm³/mol. The lowest BCUT2D eigenvalue weighted by Crippen LogP contribution is -2.28. The van der Waals surface area contributed by atoms with E-state index in [0.29, 0.717) is 0 Å². The molecule has 1 fully saturated rings. The van der Waals surface area contributed by atoms with E-state index in [1.807, 2.05) is 13.0 Å². The second-order valence-corrected chi connectivity index (χ2v) is 2.14. The van der Waals surface area contributed by atoms with Crippen molar-refractivity contribution < 1.29 is 9.47 Å². The first-order chi connectivity index (χ1) is 4.33. The second kappa shape index (κ2) is 2.99. The Morgan fingerprint density at radius 1 is 1.67 bits per heavy atom. The van der Waals surface area contributed by atoms with Crippen LogP contribution >= 0.6 is 0 Å². The highest BCUT2D eigenvalue weighted by Gasteiger charge is 2.15. The SMILES string of the molecule is C=CC1CCOC(C)O1. The lowest BCUT2D eigenvalue weighted by Gasteiger charge is -2.25. The molecule has 2 atom stereocenters. The Morgan fingerprint density at radius 3 is 2.89 bits per heavy atom. The van der Waals surface area contributed by atoms with Gasteiger partial charge in [0.15, 0.2) is 6.29 Å². The van der Waals surface area contributed by atoms with Gasteiger partial charge in [0, 0.05) is 6.42 Å². The van der Waals surface area contributed by atoms with Crippen molar-refractivity contribution in [2.24, 2.45) is 0 Å². The normalized spacial score (nSPS) is 36.1. The average molecular weight is 128 g/mol. The van der Waals surface area contributed by atoms with E-state index in [-0.39, 0.29) is 12.4 Å². The maximum Gasteiger partial charge on any atom is 0.155 e. The molecule has 2 nitrogen and oxygen atoms in total. The van der Waals surface area contributed by atoms with Crippen LogP contribution in [0.1, 0.15) is 13.3 Å². The molecule has 1 aliphatic rings. The summed E-state index contributed by atoms with van der Waals surface area (Å²) >= 11 is 0. The molecule has 0 amide bonds. The maximum absolute atomic E-state index is 5.30. The van der Waals surface area contributed by atoms with Crippen LogP contribution in [-0.2, 0) is 9.47 Å². The summed E-state index contributed by atoms with van der Waals surface area (Å²) in [6, 6.07) is 0. The van der Waals surface area contributed by atoms with Gasteiger partial charge in [-0.1, -0.05) is 6.08 Å². The minimum Gasteiger partial charge on any atom is -0.353 e. The van der Waals surface area contributed by atoms with Gasteiger partial charge in [-0.3, -0.25) is 0 Å². The molecule has 0 spiro atoms. The van der Waals surface area contributed by atoms with E-state index >= 15 is 0 Å². The second-order valence-electron chi connectivity index (χ2n) is 2.14. The van der Waals surface area contributed by atoms with Gasteiger partial charge in [0.05, 0.1) is 12.7 Å². The number of ether oxygens (including phenoxy) is 2. The molecule has 1 aliphatic heterocycles. The molecule has 0 saturated carbocycles. The summed E-state index contributed by atoms with van der Waals surface area (Å²) in [5.41, 5.74) is 0. The molecule has 0 N–H and O–H groups in total. The van der Waals surface area contributed by atoms with E-state index in [2.05, 4.69) is 6.58 Å². The number of rotatable bonds is 1. The summed E-state index contributed by atoms with van der Waals surface area (Å²) in [6.07, 6.45) is 2.91. The first kappa shape index (κ1) is 6.78. The van der Waals surface area contributed by atoms with Crippen molar-refractivity contribution >= 4 is 0 Å². The highest BCUT2D eigenvalue weighted by atomic mass is 16.7. The molecule has 1 saturated heterocycles. The molecule has 0 aliphatic carbocycles. The number of hydrogen-bond donors (Lipinski definition) is 0. The van der Waals surface area contributed by atoms with Crippen molar-refractivity contribution in [2.75, 3.05) is 6.61 Å². The smallest absolute Gasteiger partial charge is 0.155 e. The minimum absolute atomic E-state index is 0.0539. The average Bonchev–Trinajstić information content (AvgIpc) is 1.88. The van der Waals surface area contributed by atoms with Crippen LogP contribution in [0.25, 0.3) is 0 Å². The van der Waals surface area contributed by atoms with Crippen molar-refractivity contribution in [1.29, 1.82) is 0 Å². The van der Waals surface area contributed by atoms with Gasteiger partial charge in [0.2, 0.25) is 0 Å². The summed E-state index contributed by atoms with van der Waals surface area (Å²) in [4.78, 5) is 0. The first-order valence-corrected chi connectivity index (χ1v) is 3.22. The Balaban J connectivity index is 2.31. The summed E-state index contributed by atoms with van der Waals surface area (Å²) in [6.45, 7) is 6.33. The van der Waals surface area contributed by atoms with E-state index in [4.69, 9.17) is 9.47 Å². The van der Waals surface area contributed by atoms with Gasteiger partial charge in [-0.2, -0.15) is 0 Å². The van der Waals surface area contributed by atoms with Crippen molar-refractivity contribution in [2.45, 2.75) is 25.7 Å². The van der Waals surface area contributed by atoms with E-state index in [1.165, 1.54) is 0 Å². The minimum atomic E-state index is -0.0539. The van der Waals surface area contributed by atoms with Gasteiger partial charge in [-0.25, -0.2) is 0 Å². The predicted octanol–water partition coefficient (Wildman–Crippen LogP) is 1.32. The quantitative estimate of drug-likeness (QED) is 0.496. The van der Waals surface area contributed by atoms with Crippen LogP contribution in [0.5, 0.6) is 0 Å². The highest BCUT2D eigenvalue weighted by Crippen LogP contribution is 2.11. The third kappa shape index (κ3) is 1.80. The summed E-state index contributed by atoms with van der Waals surface area (Å²) in [7, 11) is 0. The Labute approximate surface area is 55.5 Å². The van der Waals surface area contributed by atoms with Gasteiger partial charge < -0.3 is 9.47 Å². The fraction of sp³-hybridized carbons (Fsp3) is 0.714. The molecule has 2 unspecified atom stereocenters. The molecule has 0 aromatic rings. The third-order valence-corrected chi connectivity index (χ3v) is 1.38. The molecule has 0 bridgehead atoms. The third-order valence-electron chi connectivity index (χ3n) is 1.38. The topological polar surface area (TPSA) is 18.5 Å². The lowest BCUT2D eigenvalue weighted by atomic mass is 10.2. The summed E-state index contributed by atoms with van der Waals surface area (Å²) < 4.78 is 10.4. The van der Waals surface area contributed by atoms with E-state index in [1.54, 1.807) is 0 Å². The van der Waals surface area contributed by atoms with Gasteiger partial charge in [0.25, 0.3) is 0 Å². The van der Waals surface area contributed by atoms with Crippen molar-refractivity contribution in [3.05, 3.63) is 12.7 Å². The fourth-order valence-electron chi connectivity index (χ4n) is 0.877. The van der Waals surface area contributed by atoms with Crippen LogP contribution in [0.3, 0.4) is 0 Å². The van der Waals surface area contributed by atoms with Crippen molar-refractivity contribution in [1.82, 2.24) is 0 Å². The van der Waals surface area contributed by atoms with Crippen LogP contribution < -0.4 is 0 Å². The molecule has 0 aromatic heterocycles. The lowest BCUT2D eigenvalue weighted by molar-refractivity contribution is -0.189. The number of hydrogen-bond acceptors (Lipinski definition) is 2. The Hall–Kier alpha value is -0.340. The van der Waals surface area contributed by atoms with Crippen LogP contribution in [0.15, 0.2) is 12.7 Å². The molecule has 1 rings (SSSR count). The maximum atomic E-state index is 5.30. The van der Waals surface area contributed by atoms with E-state index in [0.717, 1.165) is 13.0 Å². The molecular weight excluding hydrogens is 116 g/mol. The van der Waals surface area contributed by atoms with Crippen LogP contribution in [-0.4, -0.2) is 19.0 Å². The van der Waals surface area contributed by atoms with E-state index < -0.39 is 0 Å². The zero-order chi connectivity index (χ0) is 6.69. The Kier molecular flexibility index (Phi) is 2.25.